The number of carbonyl (C=O) groups excluding carboxylic acids is 1. The van der Waals surface area contributed by atoms with Gasteiger partial charge in [0.1, 0.15) is 5.75 Å². The molecule has 2 aromatic carbocycles. The summed E-state index contributed by atoms with van der Waals surface area (Å²) in [6.45, 7) is 0. The van der Waals surface area contributed by atoms with E-state index in [4.69, 9.17) is 4.74 Å². The van der Waals surface area contributed by atoms with Crippen LogP contribution in [-0.4, -0.2) is 13.0 Å². The van der Waals surface area contributed by atoms with E-state index in [1.165, 1.54) is 6.08 Å². The fraction of sp³-hybridized carbons (Fsp3) is 0.0625. The Hall–Kier alpha value is -1.34. The second-order valence-corrected chi connectivity index (χ2v) is 6.27. The van der Waals surface area contributed by atoms with Crippen molar-refractivity contribution in [2.24, 2.45) is 0 Å². The van der Waals surface area contributed by atoms with Crippen LogP contribution in [0.2, 0.25) is 0 Å². The van der Waals surface area contributed by atoms with Crippen molar-refractivity contribution in [2.45, 2.75) is 0 Å². The molecule has 1 N–H and O–H groups in total. The van der Waals surface area contributed by atoms with Gasteiger partial charge < -0.3 is 10.1 Å². The molecule has 0 saturated carbocycles. The topological polar surface area (TPSA) is 38.3 Å². The van der Waals surface area contributed by atoms with Gasteiger partial charge in [-0.25, -0.2) is 0 Å². The number of benzene rings is 2. The van der Waals surface area contributed by atoms with E-state index in [0.29, 0.717) is 0 Å². The Balaban J connectivity index is 2.12. The fourth-order valence-electron chi connectivity index (χ4n) is 1.74. The minimum atomic E-state index is -0.179. The van der Waals surface area contributed by atoms with Crippen LogP contribution in [0.5, 0.6) is 5.75 Å². The molecule has 1 amide bonds. The van der Waals surface area contributed by atoms with Crippen LogP contribution >= 0.6 is 38.5 Å². The number of rotatable bonds is 4. The molecule has 0 saturated heterocycles. The van der Waals surface area contributed by atoms with Gasteiger partial charge in [0.25, 0.3) is 0 Å². The Labute approximate surface area is 145 Å². The first-order chi connectivity index (χ1) is 10.1. The Morgan fingerprint density at radius 2 is 2.05 bits per heavy atom. The Kier molecular flexibility index (Phi) is 5.81. The number of anilines is 1. The lowest BCUT2D eigenvalue weighted by Crippen LogP contribution is -2.08. The van der Waals surface area contributed by atoms with Crippen LogP contribution in [0.25, 0.3) is 6.08 Å². The normalized spacial score (nSPS) is 10.6. The van der Waals surface area contributed by atoms with E-state index in [0.717, 1.165) is 25.0 Å². The van der Waals surface area contributed by atoms with Crippen LogP contribution in [0.4, 0.5) is 5.69 Å². The Morgan fingerprint density at radius 3 is 2.76 bits per heavy atom. The Bertz CT molecular complexity index is 686. The summed E-state index contributed by atoms with van der Waals surface area (Å²) in [5.74, 6) is 0.540. The van der Waals surface area contributed by atoms with E-state index in [-0.39, 0.29) is 5.91 Å². The molecule has 0 spiro atoms. The SMILES string of the molecule is COc1ccc(Br)cc1/C=C/C(=O)Nc1ccccc1I. The molecule has 5 heteroatoms. The van der Waals surface area contributed by atoms with Crippen molar-refractivity contribution in [3.8, 4) is 5.75 Å². The standard InChI is InChI=1S/C16H13BrINO2/c1-21-15-8-7-12(17)10-11(15)6-9-16(20)19-14-5-3-2-4-13(14)18/h2-10H,1H3,(H,19,20)/b9-6+. The molecule has 108 valence electrons. The zero-order valence-electron chi connectivity index (χ0n) is 11.3. The van der Waals surface area contributed by atoms with Crippen molar-refractivity contribution in [2.75, 3.05) is 12.4 Å². The van der Waals surface area contributed by atoms with E-state index in [1.54, 1.807) is 13.2 Å². The molecule has 21 heavy (non-hydrogen) atoms. The van der Waals surface area contributed by atoms with Gasteiger partial charge in [0.05, 0.1) is 12.8 Å². The third-order valence-electron chi connectivity index (χ3n) is 2.74. The minimum Gasteiger partial charge on any atom is -0.496 e. The summed E-state index contributed by atoms with van der Waals surface area (Å²) in [5.41, 5.74) is 1.64. The fourth-order valence-corrected chi connectivity index (χ4v) is 2.64. The second kappa shape index (κ2) is 7.61. The average molecular weight is 458 g/mol. The quantitative estimate of drug-likeness (QED) is 0.533. The van der Waals surface area contributed by atoms with E-state index in [1.807, 2.05) is 42.5 Å². The number of amides is 1. The molecule has 0 aliphatic carbocycles. The van der Waals surface area contributed by atoms with Crippen molar-refractivity contribution < 1.29 is 9.53 Å². The molecule has 0 bridgehead atoms. The highest BCUT2D eigenvalue weighted by atomic mass is 127. The van der Waals surface area contributed by atoms with Crippen LogP contribution in [0.3, 0.4) is 0 Å². The monoisotopic (exact) mass is 457 g/mol. The van der Waals surface area contributed by atoms with Crippen molar-refractivity contribution in [1.29, 1.82) is 0 Å². The van der Waals surface area contributed by atoms with E-state index in [9.17, 15) is 4.79 Å². The third-order valence-corrected chi connectivity index (χ3v) is 4.17. The predicted molar refractivity (Wildman–Crippen MR) is 97.5 cm³/mol. The van der Waals surface area contributed by atoms with Crippen LogP contribution in [0.15, 0.2) is 53.0 Å². The summed E-state index contributed by atoms with van der Waals surface area (Å²) >= 11 is 5.59. The number of carbonyl (C=O) groups is 1. The smallest absolute Gasteiger partial charge is 0.248 e. The number of methoxy groups -OCH3 is 1. The Morgan fingerprint density at radius 1 is 1.29 bits per heavy atom. The third kappa shape index (κ3) is 4.57. The first kappa shape index (κ1) is 16.0. The average Bonchev–Trinajstić information content (AvgIpc) is 2.48. The number of para-hydroxylation sites is 1. The van der Waals surface area contributed by atoms with Gasteiger partial charge in [-0.2, -0.15) is 0 Å². The van der Waals surface area contributed by atoms with E-state index >= 15 is 0 Å². The maximum Gasteiger partial charge on any atom is 0.248 e. The highest BCUT2D eigenvalue weighted by Gasteiger charge is 2.03. The number of hydrogen-bond acceptors (Lipinski definition) is 2. The molecular formula is C16H13BrINO2. The number of halogens is 2. The number of hydrogen-bond donors (Lipinski definition) is 1. The van der Waals surface area contributed by atoms with Gasteiger partial charge in [0.15, 0.2) is 0 Å². The highest BCUT2D eigenvalue weighted by Crippen LogP contribution is 2.24. The summed E-state index contributed by atoms with van der Waals surface area (Å²) in [6, 6.07) is 13.3. The van der Waals surface area contributed by atoms with Crippen LogP contribution in [-0.2, 0) is 4.79 Å². The van der Waals surface area contributed by atoms with Gasteiger partial charge in [-0.1, -0.05) is 28.1 Å². The highest BCUT2D eigenvalue weighted by molar-refractivity contribution is 14.1. The van der Waals surface area contributed by atoms with Crippen molar-refractivity contribution >= 4 is 56.2 Å². The minimum absolute atomic E-state index is 0.179. The van der Waals surface area contributed by atoms with Gasteiger partial charge in [0.2, 0.25) is 5.91 Å². The molecule has 0 heterocycles. The van der Waals surface area contributed by atoms with Gasteiger partial charge in [0, 0.05) is 19.7 Å². The summed E-state index contributed by atoms with van der Waals surface area (Å²) in [7, 11) is 1.60. The zero-order chi connectivity index (χ0) is 15.2. The van der Waals surface area contributed by atoms with E-state index in [2.05, 4.69) is 43.8 Å². The lowest BCUT2D eigenvalue weighted by atomic mass is 10.2. The largest absolute Gasteiger partial charge is 0.496 e. The van der Waals surface area contributed by atoms with E-state index < -0.39 is 0 Å². The lowest BCUT2D eigenvalue weighted by molar-refractivity contribution is -0.111. The molecule has 0 aromatic heterocycles. The van der Waals surface area contributed by atoms with Crippen molar-refractivity contribution in [3.05, 3.63) is 62.1 Å². The molecule has 0 aliphatic heterocycles. The molecule has 0 fully saturated rings. The first-order valence-corrected chi connectivity index (χ1v) is 8.04. The van der Waals surface area contributed by atoms with Gasteiger partial charge >= 0.3 is 0 Å². The lowest BCUT2D eigenvalue weighted by Gasteiger charge is -2.06. The molecule has 0 aliphatic rings. The van der Waals surface area contributed by atoms with Crippen molar-refractivity contribution in [1.82, 2.24) is 0 Å². The molecule has 2 rings (SSSR count). The number of nitrogens with one attached hydrogen (secondary N) is 1. The van der Waals surface area contributed by atoms with Gasteiger partial charge in [-0.3, -0.25) is 4.79 Å². The van der Waals surface area contributed by atoms with Crippen LogP contribution in [0.1, 0.15) is 5.56 Å². The molecular weight excluding hydrogens is 445 g/mol. The number of ether oxygens (including phenoxy) is 1. The van der Waals surface area contributed by atoms with Gasteiger partial charge in [-0.05, 0) is 59.0 Å². The molecule has 0 unspecified atom stereocenters. The predicted octanol–water partition coefficient (Wildman–Crippen LogP) is 4.71. The maximum absolute atomic E-state index is 12.0. The van der Waals surface area contributed by atoms with Gasteiger partial charge in [-0.15, -0.1) is 0 Å². The first-order valence-electron chi connectivity index (χ1n) is 6.17. The molecule has 0 atom stereocenters. The summed E-state index contributed by atoms with van der Waals surface area (Å²) in [5, 5.41) is 2.85. The molecule has 2 aromatic rings. The maximum atomic E-state index is 12.0. The second-order valence-electron chi connectivity index (χ2n) is 4.19. The molecule has 0 radical (unpaired) electrons. The summed E-state index contributed by atoms with van der Waals surface area (Å²) in [6.07, 6.45) is 3.22. The molecule has 3 nitrogen and oxygen atoms in total. The summed E-state index contributed by atoms with van der Waals surface area (Å²) in [4.78, 5) is 12.0. The zero-order valence-corrected chi connectivity index (χ0v) is 15.0. The summed E-state index contributed by atoms with van der Waals surface area (Å²) < 4.78 is 7.19. The van der Waals surface area contributed by atoms with Crippen LogP contribution < -0.4 is 10.1 Å². The van der Waals surface area contributed by atoms with Crippen molar-refractivity contribution in [3.63, 3.8) is 0 Å². The van der Waals surface area contributed by atoms with Crippen LogP contribution in [0, 0.1) is 3.57 Å².